The summed E-state index contributed by atoms with van der Waals surface area (Å²) in [7, 11) is 0. The molecule has 1 aromatic heterocycles. The zero-order valence-electron chi connectivity index (χ0n) is 11.5. The number of anilines is 1. The molecule has 0 saturated heterocycles. The molecule has 3 aromatic rings. The van der Waals surface area contributed by atoms with E-state index in [0.717, 1.165) is 27.7 Å². The number of benzene rings is 2. The summed E-state index contributed by atoms with van der Waals surface area (Å²) in [6.07, 6.45) is 1.80. The first-order valence-corrected chi connectivity index (χ1v) is 6.62. The number of aromatic amines is 1. The molecule has 0 bridgehead atoms. The minimum atomic E-state index is 0.0234. The van der Waals surface area contributed by atoms with Crippen LogP contribution in [0.15, 0.2) is 42.6 Å². The van der Waals surface area contributed by atoms with Gasteiger partial charge in [-0.25, -0.2) is 0 Å². The third-order valence-corrected chi connectivity index (χ3v) is 3.47. The molecule has 0 spiro atoms. The van der Waals surface area contributed by atoms with Crippen molar-refractivity contribution in [1.82, 2.24) is 10.2 Å². The van der Waals surface area contributed by atoms with Crippen LogP contribution in [-0.2, 0) is 0 Å². The van der Waals surface area contributed by atoms with Crippen molar-refractivity contribution in [3.05, 3.63) is 53.7 Å². The lowest BCUT2D eigenvalue weighted by molar-refractivity contribution is 0.465. The lowest BCUT2D eigenvalue weighted by Crippen LogP contribution is -2.07. The van der Waals surface area contributed by atoms with Crippen LogP contribution < -0.4 is 5.32 Å². The number of H-pyrrole nitrogens is 1. The zero-order valence-corrected chi connectivity index (χ0v) is 11.5. The molecule has 3 rings (SSSR count). The number of nitrogens with one attached hydrogen (secondary N) is 2. The summed E-state index contributed by atoms with van der Waals surface area (Å²) in [4.78, 5) is 0. The molecule has 1 heterocycles. The van der Waals surface area contributed by atoms with Gasteiger partial charge in [-0.15, -0.1) is 0 Å². The third-order valence-electron chi connectivity index (χ3n) is 3.47. The number of phenolic OH excluding ortho intramolecular Hbond substituents is 1. The fourth-order valence-corrected chi connectivity index (χ4v) is 2.38. The van der Waals surface area contributed by atoms with Crippen LogP contribution in [0.2, 0.25) is 0 Å². The minimum absolute atomic E-state index is 0.0234. The summed E-state index contributed by atoms with van der Waals surface area (Å²) in [6.45, 7) is 4.05. The maximum absolute atomic E-state index is 9.97. The standard InChI is InChI=1S/C16H17N3O/c1-10-3-6-16(20)14(7-10)11(2)18-13-5-4-12-9-17-19-15(12)8-13/h3-9,11,18,20H,1-2H3,(H,17,19). The lowest BCUT2D eigenvalue weighted by atomic mass is 10.0. The Hall–Kier alpha value is -2.49. The van der Waals surface area contributed by atoms with E-state index in [-0.39, 0.29) is 6.04 Å². The fraction of sp³-hybridized carbons (Fsp3) is 0.188. The first-order chi connectivity index (χ1) is 9.63. The van der Waals surface area contributed by atoms with Gasteiger partial charge >= 0.3 is 0 Å². The van der Waals surface area contributed by atoms with Crippen molar-refractivity contribution in [3.63, 3.8) is 0 Å². The van der Waals surface area contributed by atoms with Crippen molar-refractivity contribution in [2.75, 3.05) is 5.32 Å². The van der Waals surface area contributed by atoms with E-state index >= 15 is 0 Å². The Morgan fingerprint density at radius 3 is 2.90 bits per heavy atom. The van der Waals surface area contributed by atoms with E-state index in [4.69, 9.17) is 0 Å². The summed E-state index contributed by atoms with van der Waals surface area (Å²) in [5.41, 5.74) is 4.02. The Bertz CT molecular complexity index is 748. The van der Waals surface area contributed by atoms with Crippen LogP contribution in [0.5, 0.6) is 5.75 Å². The van der Waals surface area contributed by atoms with Crippen molar-refractivity contribution in [2.24, 2.45) is 0 Å². The first-order valence-electron chi connectivity index (χ1n) is 6.62. The molecule has 0 amide bonds. The Balaban J connectivity index is 1.87. The lowest BCUT2D eigenvalue weighted by Gasteiger charge is -2.17. The Morgan fingerprint density at radius 1 is 1.20 bits per heavy atom. The number of hydrogen-bond acceptors (Lipinski definition) is 3. The fourth-order valence-electron chi connectivity index (χ4n) is 2.38. The number of phenols is 1. The topological polar surface area (TPSA) is 60.9 Å². The van der Waals surface area contributed by atoms with Crippen LogP contribution >= 0.6 is 0 Å². The quantitative estimate of drug-likeness (QED) is 0.677. The highest BCUT2D eigenvalue weighted by molar-refractivity contribution is 5.81. The largest absolute Gasteiger partial charge is 0.508 e. The van der Waals surface area contributed by atoms with Crippen molar-refractivity contribution in [2.45, 2.75) is 19.9 Å². The predicted molar refractivity (Wildman–Crippen MR) is 81.0 cm³/mol. The van der Waals surface area contributed by atoms with Gasteiger partial charge in [0.15, 0.2) is 0 Å². The van der Waals surface area contributed by atoms with E-state index in [2.05, 4.69) is 15.5 Å². The van der Waals surface area contributed by atoms with Gasteiger partial charge < -0.3 is 10.4 Å². The van der Waals surface area contributed by atoms with Gasteiger partial charge in [-0.05, 0) is 38.1 Å². The first kappa shape index (κ1) is 12.5. The van der Waals surface area contributed by atoms with Crippen molar-refractivity contribution in [3.8, 4) is 5.75 Å². The number of aryl methyl sites for hydroxylation is 1. The second-order valence-corrected chi connectivity index (χ2v) is 5.10. The molecule has 0 saturated carbocycles. The molecule has 3 N–H and O–H groups in total. The van der Waals surface area contributed by atoms with E-state index in [1.807, 2.05) is 44.2 Å². The number of aromatic nitrogens is 2. The Labute approximate surface area is 117 Å². The van der Waals surface area contributed by atoms with Crippen LogP contribution in [0.25, 0.3) is 10.9 Å². The molecule has 0 aliphatic heterocycles. The SMILES string of the molecule is Cc1ccc(O)c(C(C)Nc2ccc3cn[nH]c3c2)c1. The van der Waals surface area contributed by atoms with Gasteiger partial charge in [0.25, 0.3) is 0 Å². The molecule has 20 heavy (non-hydrogen) atoms. The number of hydrogen-bond donors (Lipinski definition) is 3. The summed E-state index contributed by atoms with van der Waals surface area (Å²) < 4.78 is 0. The van der Waals surface area contributed by atoms with Gasteiger partial charge in [-0.1, -0.05) is 17.7 Å². The van der Waals surface area contributed by atoms with Gasteiger partial charge in [0.05, 0.1) is 17.8 Å². The molecular formula is C16H17N3O. The van der Waals surface area contributed by atoms with E-state index in [9.17, 15) is 5.11 Å². The highest BCUT2D eigenvalue weighted by Crippen LogP contribution is 2.28. The monoisotopic (exact) mass is 267 g/mol. The van der Waals surface area contributed by atoms with Crippen molar-refractivity contribution in [1.29, 1.82) is 0 Å². The predicted octanol–water partition coefficient (Wildman–Crippen LogP) is 3.75. The molecule has 4 nitrogen and oxygen atoms in total. The van der Waals surface area contributed by atoms with E-state index in [0.29, 0.717) is 5.75 Å². The summed E-state index contributed by atoms with van der Waals surface area (Å²) in [5, 5.41) is 21.4. The van der Waals surface area contributed by atoms with Gasteiger partial charge in [-0.3, -0.25) is 5.10 Å². The van der Waals surface area contributed by atoms with Crippen molar-refractivity contribution >= 4 is 16.6 Å². The number of aromatic hydroxyl groups is 1. The number of rotatable bonds is 3. The summed E-state index contributed by atoms with van der Waals surface area (Å²) in [5.74, 6) is 0.318. The maximum Gasteiger partial charge on any atom is 0.120 e. The van der Waals surface area contributed by atoms with E-state index in [1.165, 1.54) is 0 Å². The van der Waals surface area contributed by atoms with E-state index in [1.54, 1.807) is 12.3 Å². The summed E-state index contributed by atoms with van der Waals surface area (Å²) in [6, 6.07) is 11.7. The van der Waals surface area contributed by atoms with Gasteiger partial charge in [0.1, 0.15) is 5.75 Å². The molecule has 1 atom stereocenters. The highest BCUT2D eigenvalue weighted by atomic mass is 16.3. The molecular weight excluding hydrogens is 250 g/mol. The third kappa shape index (κ3) is 2.32. The molecule has 0 aliphatic carbocycles. The second-order valence-electron chi connectivity index (χ2n) is 5.10. The smallest absolute Gasteiger partial charge is 0.120 e. The maximum atomic E-state index is 9.97. The van der Waals surface area contributed by atoms with Gasteiger partial charge in [0.2, 0.25) is 0 Å². The van der Waals surface area contributed by atoms with Gasteiger partial charge in [-0.2, -0.15) is 5.10 Å². The Morgan fingerprint density at radius 2 is 2.05 bits per heavy atom. The molecule has 0 radical (unpaired) electrons. The highest BCUT2D eigenvalue weighted by Gasteiger charge is 2.10. The molecule has 0 aliphatic rings. The average Bonchev–Trinajstić information content (AvgIpc) is 2.89. The van der Waals surface area contributed by atoms with Crippen LogP contribution in [0.4, 0.5) is 5.69 Å². The van der Waals surface area contributed by atoms with Crippen molar-refractivity contribution < 1.29 is 5.11 Å². The number of fused-ring (bicyclic) bond motifs is 1. The van der Waals surface area contributed by atoms with Gasteiger partial charge in [0, 0.05) is 16.6 Å². The summed E-state index contributed by atoms with van der Waals surface area (Å²) >= 11 is 0. The Kier molecular flexibility index (Phi) is 3.06. The van der Waals surface area contributed by atoms with Crippen LogP contribution in [0.3, 0.4) is 0 Å². The second kappa shape index (κ2) is 4.89. The molecule has 102 valence electrons. The minimum Gasteiger partial charge on any atom is -0.508 e. The van der Waals surface area contributed by atoms with Crippen LogP contribution in [0.1, 0.15) is 24.1 Å². The molecule has 0 fully saturated rings. The van der Waals surface area contributed by atoms with Crippen LogP contribution in [0, 0.1) is 6.92 Å². The molecule has 4 heteroatoms. The average molecular weight is 267 g/mol. The molecule has 2 aromatic carbocycles. The zero-order chi connectivity index (χ0) is 14.1. The number of nitrogens with zero attached hydrogens (tertiary/aromatic N) is 1. The molecule has 1 unspecified atom stereocenters. The normalized spacial score (nSPS) is 12.5. The van der Waals surface area contributed by atoms with Crippen LogP contribution in [-0.4, -0.2) is 15.3 Å². The van der Waals surface area contributed by atoms with E-state index < -0.39 is 0 Å².